The molecule has 0 atom stereocenters. The van der Waals surface area contributed by atoms with Crippen LogP contribution < -0.4 is 21.9 Å². The molecule has 0 saturated heterocycles. The molecule has 2 N–H and O–H groups in total. The van der Waals surface area contributed by atoms with Gasteiger partial charge in [-0.2, -0.15) is 13.2 Å². The number of aliphatic imine (C=N–C) groups is 1. The van der Waals surface area contributed by atoms with Gasteiger partial charge in [-0.15, -0.1) is 0 Å². The van der Waals surface area contributed by atoms with Gasteiger partial charge < -0.3 is 19.9 Å². The number of amides is 1. The number of nitrogens with one attached hydrogen (secondary N) is 2. The predicted octanol–water partition coefficient (Wildman–Crippen LogP) is 0.540. The number of ether oxygens (including phenoxy) is 1. The van der Waals surface area contributed by atoms with Crippen LogP contribution in [0.2, 0.25) is 0 Å². The molecular formula is C24H23F3N8O5. The number of anilines is 1. The van der Waals surface area contributed by atoms with Gasteiger partial charge in [-0.3, -0.25) is 28.5 Å². The molecule has 2 aliphatic rings. The molecular weight excluding hydrogens is 537 g/mol. The van der Waals surface area contributed by atoms with E-state index in [-0.39, 0.29) is 30.1 Å². The fraction of sp³-hybridized carbons (Fsp3) is 0.375. The van der Waals surface area contributed by atoms with Gasteiger partial charge in [0.1, 0.15) is 18.0 Å². The van der Waals surface area contributed by atoms with Crippen LogP contribution in [0.3, 0.4) is 0 Å². The number of rotatable bonds is 8. The number of ketones is 1. The normalized spacial score (nSPS) is 16.2. The summed E-state index contributed by atoms with van der Waals surface area (Å²) in [4.78, 5) is 63.7. The van der Waals surface area contributed by atoms with Crippen LogP contribution in [0.4, 0.5) is 19.0 Å². The molecule has 13 nitrogen and oxygen atoms in total. The fourth-order valence-corrected chi connectivity index (χ4v) is 4.47. The van der Waals surface area contributed by atoms with E-state index >= 15 is 0 Å². The Hall–Kier alpha value is -4.60. The number of aryl methyl sites for hydroxylation is 1. The van der Waals surface area contributed by atoms with Crippen LogP contribution in [0.5, 0.6) is 0 Å². The number of nitrogens with zero attached hydrogens (tertiary/aromatic N) is 6. The monoisotopic (exact) mass is 560 g/mol. The van der Waals surface area contributed by atoms with Gasteiger partial charge in [-0.25, -0.2) is 14.8 Å². The molecule has 0 aromatic carbocycles. The second-order valence-corrected chi connectivity index (χ2v) is 9.36. The third-order valence-corrected chi connectivity index (χ3v) is 6.66. The van der Waals surface area contributed by atoms with Crippen LogP contribution in [-0.4, -0.2) is 67.6 Å². The van der Waals surface area contributed by atoms with Crippen LogP contribution >= 0.6 is 0 Å². The maximum atomic E-state index is 13.5. The number of carbonyl (C=O) groups excluding carboxylic acids is 2. The Morgan fingerprint density at radius 1 is 1.23 bits per heavy atom. The van der Waals surface area contributed by atoms with Gasteiger partial charge in [-0.05, 0) is 25.0 Å². The molecule has 0 bridgehead atoms. The molecule has 4 heterocycles. The smallest absolute Gasteiger partial charge is 0.377 e. The number of imidazole rings is 1. The summed E-state index contributed by atoms with van der Waals surface area (Å²) in [6, 6.07) is 4.67. The first-order valence-electron chi connectivity index (χ1n) is 12.0. The van der Waals surface area contributed by atoms with E-state index in [0.717, 1.165) is 15.3 Å². The van der Waals surface area contributed by atoms with E-state index in [1.807, 2.05) is 0 Å². The number of hydrogen-bond acceptors (Lipinski definition) is 9. The number of carbonyl (C=O) groups is 2. The topological polar surface area (TPSA) is 154 Å². The van der Waals surface area contributed by atoms with Gasteiger partial charge in [0.15, 0.2) is 16.9 Å². The highest BCUT2D eigenvalue weighted by Crippen LogP contribution is 2.45. The van der Waals surface area contributed by atoms with Gasteiger partial charge in [0.25, 0.3) is 11.5 Å². The van der Waals surface area contributed by atoms with E-state index in [1.54, 1.807) is 12.1 Å². The minimum atomic E-state index is -4.60. The van der Waals surface area contributed by atoms with E-state index in [9.17, 15) is 32.3 Å². The predicted molar refractivity (Wildman–Crippen MR) is 136 cm³/mol. The number of halogens is 3. The summed E-state index contributed by atoms with van der Waals surface area (Å²) in [6.07, 6.45) is -1.41. The molecule has 16 heteroatoms. The zero-order valence-corrected chi connectivity index (χ0v) is 21.3. The zero-order valence-electron chi connectivity index (χ0n) is 21.3. The van der Waals surface area contributed by atoms with Crippen LogP contribution in [0.25, 0.3) is 16.7 Å². The van der Waals surface area contributed by atoms with Crippen molar-refractivity contribution in [3.8, 4) is 0 Å². The van der Waals surface area contributed by atoms with Crippen molar-refractivity contribution in [1.82, 2.24) is 29.0 Å². The number of fused-ring (bicyclic) bond motifs is 1. The van der Waals surface area contributed by atoms with Crippen molar-refractivity contribution in [2.45, 2.75) is 31.1 Å². The average Bonchev–Trinajstić information content (AvgIpc) is 3.61. The summed E-state index contributed by atoms with van der Waals surface area (Å²) < 4.78 is 46.6. The van der Waals surface area contributed by atoms with E-state index in [4.69, 9.17) is 4.74 Å². The summed E-state index contributed by atoms with van der Waals surface area (Å²) in [6.45, 7) is -1.04. The van der Waals surface area contributed by atoms with Crippen molar-refractivity contribution < 1.29 is 27.5 Å². The first-order valence-corrected chi connectivity index (χ1v) is 12.0. The number of amidine groups is 1. The minimum absolute atomic E-state index is 0.0153. The fourth-order valence-electron chi connectivity index (χ4n) is 4.47. The number of Topliss-reactive ketones (excluding diaryl/α,β-unsaturated/α-hetero) is 1. The number of aromatic nitrogens is 5. The van der Waals surface area contributed by atoms with Gasteiger partial charge >= 0.3 is 11.9 Å². The standard InChI is InChI=1S/C24H23F3N8O5/c1-33-18-17(19(37)34(22(33)39)10-14(36)11-40-2)35(12-30-18)23(6-7-23)21(38)32-16-5-3-4-15(31-16)13-8-28-20(29-9-13)24(25,26)27/h3-5,8,12H,6-7,9-11H2,1-2H3,(H,28,29)(H,31,32,38). The Morgan fingerprint density at radius 3 is 2.60 bits per heavy atom. The maximum Gasteiger partial charge on any atom is 0.449 e. The molecule has 1 fully saturated rings. The van der Waals surface area contributed by atoms with Gasteiger partial charge in [-0.1, -0.05) is 6.07 Å². The Labute approximate surface area is 223 Å². The molecule has 1 amide bonds. The maximum absolute atomic E-state index is 13.5. The van der Waals surface area contributed by atoms with Crippen molar-refractivity contribution in [2.75, 3.05) is 25.6 Å². The molecule has 1 aliphatic heterocycles. The Balaban J connectivity index is 1.43. The SMILES string of the molecule is COCC(=O)Cn1c(=O)c2c(ncn2C2(C(=O)Nc3cccc(C4=CNC(C(F)(F)F)=NC4)n3)CC2)n(C)c1=O. The Morgan fingerprint density at radius 2 is 1.98 bits per heavy atom. The van der Waals surface area contributed by atoms with Crippen molar-refractivity contribution in [3.63, 3.8) is 0 Å². The third-order valence-electron chi connectivity index (χ3n) is 6.66. The lowest BCUT2D eigenvalue weighted by molar-refractivity contribution is -0.123. The van der Waals surface area contributed by atoms with Gasteiger partial charge in [0.2, 0.25) is 5.84 Å². The summed E-state index contributed by atoms with van der Waals surface area (Å²) >= 11 is 0. The second-order valence-electron chi connectivity index (χ2n) is 9.36. The third kappa shape index (κ3) is 4.70. The number of alkyl halides is 3. The number of hydrogen-bond donors (Lipinski definition) is 2. The molecule has 0 radical (unpaired) electrons. The van der Waals surface area contributed by atoms with Crippen LogP contribution in [-0.2, 0) is 33.5 Å². The van der Waals surface area contributed by atoms with Crippen molar-refractivity contribution in [2.24, 2.45) is 12.0 Å². The summed E-state index contributed by atoms with van der Waals surface area (Å²) in [5, 5.41) is 4.83. The lowest BCUT2D eigenvalue weighted by atomic mass is 10.1. The summed E-state index contributed by atoms with van der Waals surface area (Å²) in [5.41, 5.74) is -1.97. The quantitative estimate of drug-likeness (QED) is 0.405. The van der Waals surface area contributed by atoms with Crippen LogP contribution in [0.1, 0.15) is 18.5 Å². The van der Waals surface area contributed by atoms with E-state index in [2.05, 4.69) is 25.6 Å². The Kier molecular flexibility index (Phi) is 6.65. The van der Waals surface area contributed by atoms with E-state index in [0.29, 0.717) is 24.1 Å². The zero-order chi connectivity index (χ0) is 28.8. The molecule has 3 aromatic heterocycles. The van der Waals surface area contributed by atoms with Gasteiger partial charge in [0, 0.05) is 25.9 Å². The lowest BCUT2D eigenvalue weighted by Crippen LogP contribution is -2.43. The number of pyridine rings is 1. The van der Waals surface area contributed by atoms with Crippen LogP contribution in [0, 0.1) is 0 Å². The lowest BCUT2D eigenvalue weighted by Gasteiger charge is -2.19. The number of methoxy groups -OCH3 is 1. The average molecular weight is 560 g/mol. The molecule has 1 aliphatic carbocycles. The van der Waals surface area contributed by atoms with Crippen molar-refractivity contribution >= 4 is 40.1 Å². The molecule has 1 saturated carbocycles. The summed E-state index contributed by atoms with van der Waals surface area (Å²) in [7, 11) is 2.72. The van der Waals surface area contributed by atoms with E-state index in [1.165, 1.54) is 31.1 Å². The van der Waals surface area contributed by atoms with Crippen molar-refractivity contribution in [1.29, 1.82) is 0 Å². The first-order chi connectivity index (χ1) is 19.0. The summed E-state index contributed by atoms with van der Waals surface area (Å²) in [5.74, 6) is -1.95. The van der Waals surface area contributed by atoms with Crippen LogP contribution in [0.15, 0.2) is 45.3 Å². The first kappa shape index (κ1) is 27.0. The molecule has 3 aromatic rings. The molecule has 0 unspecified atom stereocenters. The van der Waals surface area contributed by atoms with Crippen molar-refractivity contribution in [3.05, 3.63) is 57.3 Å². The Bertz CT molecular complexity index is 1710. The minimum Gasteiger partial charge on any atom is -0.377 e. The molecule has 5 rings (SSSR count). The largest absolute Gasteiger partial charge is 0.449 e. The second kappa shape index (κ2) is 9.86. The molecule has 210 valence electrons. The molecule has 40 heavy (non-hydrogen) atoms. The molecule has 0 spiro atoms. The highest BCUT2D eigenvalue weighted by atomic mass is 19.4. The highest BCUT2D eigenvalue weighted by molar-refractivity contribution is 5.99. The van der Waals surface area contributed by atoms with E-state index < -0.39 is 47.0 Å². The highest BCUT2D eigenvalue weighted by Gasteiger charge is 2.53. The van der Waals surface area contributed by atoms with Gasteiger partial charge in [0.05, 0.1) is 25.1 Å².